The fourth-order valence-electron chi connectivity index (χ4n) is 3.03. The Morgan fingerprint density at radius 2 is 2.00 bits per heavy atom. The molecule has 4 rings (SSSR count). The van der Waals surface area contributed by atoms with Gasteiger partial charge in [-0.15, -0.1) is 0 Å². The number of hydrogen-bond donors (Lipinski definition) is 3. The van der Waals surface area contributed by atoms with Crippen molar-refractivity contribution >= 4 is 33.7 Å². The van der Waals surface area contributed by atoms with Gasteiger partial charge in [-0.25, -0.2) is 19.4 Å². The van der Waals surface area contributed by atoms with Gasteiger partial charge in [0, 0.05) is 16.5 Å². The van der Waals surface area contributed by atoms with E-state index in [0.29, 0.717) is 28.1 Å². The summed E-state index contributed by atoms with van der Waals surface area (Å²) >= 11 is 0. The third kappa shape index (κ3) is 2.38. The van der Waals surface area contributed by atoms with Crippen LogP contribution in [0.15, 0.2) is 30.6 Å². The smallest absolute Gasteiger partial charge is 0.352 e. The summed E-state index contributed by atoms with van der Waals surface area (Å²) in [6.45, 7) is 6.11. The Balaban J connectivity index is 1.99. The van der Waals surface area contributed by atoms with E-state index in [0.717, 1.165) is 10.9 Å². The van der Waals surface area contributed by atoms with E-state index >= 15 is 0 Å². The third-order valence-corrected chi connectivity index (χ3v) is 4.26. The largest absolute Gasteiger partial charge is 0.477 e. The van der Waals surface area contributed by atoms with Gasteiger partial charge >= 0.3 is 5.97 Å². The molecule has 1 aromatic carbocycles. The Morgan fingerprint density at radius 3 is 2.69 bits per heavy atom. The minimum atomic E-state index is -0.997. The van der Waals surface area contributed by atoms with Crippen LogP contribution in [0.5, 0.6) is 0 Å². The SMILES string of the molecule is CC(C)(C)n1nc(-c2ccc3cc(C(=O)O)[nH]c3c2)c2c(N)ncnc21. The summed E-state index contributed by atoms with van der Waals surface area (Å²) < 4.78 is 1.83. The van der Waals surface area contributed by atoms with Crippen LogP contribution in [0.25, 0.3) is 33.2 Å². The lowest BCUT2D eigenvalue weighted by molar-refractivity contribution is 0.0691. The Labute approximate surface area is 148 Å². The van der Waals surface area contributed by atoms with E-state index < -0.39 is 5.97 Å². The summed E-state index contributed by atoms with van der Waals surface area (Å²) in [5, 5.41) is 15.4. The topological polar surface area (TPSA) is 123 Å². The number of fused-ring (bicyclic) bond motifs is 2. The number of nitrogen functional groups attached to an aromatic ring is 1. The molecule has 8 heteroatoms. The lowest BCUT2D eigenvalue weighted by atomic mass is 10.1. The molecule has 132 valence electrons. The molecule has 4 N–H and O–H groups in total. The van der Waals surface area contributed by atoms with Crippen LogP contribution in [0.3, 0.4) is 0 Å². The summed E-state index contributed by atoms with van der Waals surface area (Å²) in [5.74, 6) is -0.638. The van der Waals surface area contributed by atoms with Crippen molar-refractivity contribution in [1.82, 2.24) is 24.7 Å². The summed E-state index contributed by atoms with van der Waals surface area (Å²) in [6.07, 6.45) is 1.43. The first-order valence-electron chi connectivity index (χ1n) is 8.12. The number of nitrogens with one attached hydrogen (secondary N) is 1. The molecule has 0 unspecified atom stereocenters. The van der Waals surface area contributed by atoms with Gasteiger partial charge < -0.3 is 15.8 Å². The van der Waals surface area contributed by atoms with Crippen LogP contribution >= 0.6 is 0 Å². The Hall–Kier alpha value is -3.42. The lowest BCUT2D eigenvalue weighted by Crippen LogP contribution is -2.23. The highest BCUT2D eigenvalue weighted by molar-refractivity contribution is 6.01. The number of aromatic carboxylic acids is 1. The Morgan fingerprint density at radius 1 is 1.23 bits per heavy atom. The van der Waals surface area contributed by atoms with E-state index in [2.05, 4.69) is 15.0 Å². The van der Waals surface area contributed by atoms with Crippen LogP contribution in [0.4, 0.5) is 5.82 Å². The zero-order chi connectivity index (χ0) is 18.6. The first-order chi connectivity index (χ1) is 12.3. The second kappa shape index (κ2) is 5.29. The molecule has 4 aromatic rings. The van der Waals surface area contributed by atoms with Crippen LogP contribution in [0, 0.1) is 0 Å². The third-order valence-electron chi connectivity index (χ3n) is 4.26. The van der Waals surface area contributed by atoms with Gasteiger partial charge in [0.1, 0.15) is 23.5 Å². The fourth-order valence-corrected chi connectivity index (χ4v) is 3.03. The number of aromatic amines is 1. The highest BCUT2D eigenvalue weighted by atomic mass is 16.4. The standard InChI is InChI=1S/C18H18N6O2/c1-18(2,3)24-16-13(15(19)20-8-21-16)14(23-24)10-5-4-9-6-12(17(25)26)22-11(9)7-10/h4-8,22H,1-3H3,(H,25,26)(H2,19,20,21). The molecule has 26 heavy (non-hydrogen) atoms. The highest BCUT2D eigenvalue weighted by Gasteiger charge is 2.24. The summed E-state index contributed by atoms with van der Waals surface area (Å²) in [5.41, 5.74) is 8.83. The van der Waals surface area contributed by atoms with Gasteiger partial charge in [-0.1, -0.05) is 12.1 Å². The van der Waals surface area contributed by atoms with Crippen LogP contribution < -0.4 is 5.73 Å². The molecule has 0 aliphatic carbocycles. The number of nitrogens with two attached hydrogens (primary N) is 1. The molecule has 0 saturated heterocycles. The molecule has 0 saturated carbocycles. The van der Waals surface area contributed by atoms with Crippen molar-refractivity contribution in [2.75, 3.05) is 5.73 Å². The van der Waals surface area contributed by atoms with Gasteiger partial charge in [0.25, 0.3) is 0 Å². The number of nitrogens with zero attached hydrogens (tertiary/aromatic N) is 4. The fraction of sp³-hybridized carbons (Fsp3) is 0.222. The van der Waals surface area contributed by atoms with Gasteiger partial charge in [0.15, 0.2) is 5.65 Å². The maximum absolute atomic E-state index is 11.2. The zero-order valence-corrected chi connectivity index (χ0v) is 14.6. The lowest BCUT2D eigenvalue weighted by Gasteiger charge is -2.19. The molecule has 8 nitrogen and oxygen atoms in total. The van der Waals surface area contributed by atoms with Crippen LogP contribution in [-0.4, -0.2) is 35.8 Å². The summed E-state index contributed by atoms with van der Waals surface area (Å²) in [7, 11) is 0. The van der Waals surface area contributed by atoms with Crippen molar-refractivity contribution in [2.24, 2.45) is 0 Å². The summed E-state index contributed by atoms with van der Waals surface area (Å²) in [4.78, 5) is 22.6. The van der Waals surface area contributed by atoms with Crippen molar-refractivity contribution < 1.29 is 9.90 Å². The molecule has 0 aliphatic heterocycles. The molecule has 0 aliphatic rings. The number of carboxylic acid groups (broad SMARTS) is 1. The first-order valence-corrected chi connectivity index (χ1v) is 8.12. The molecule has 0 spiro atoms. The molecule has 3 heterocycles. The average molecular weight is 350 g/mol. The van der Waals surface area contributed by atoms with Crippen molar-refractivity contribution in [3.63, 3.8) is 0 Å². The number of hydrogen-bond acceptors (Lipinski definition) is 5. The van der Waals surface area contributed by atoms with E-state index in [1.807, 2.05) is 43.7 Å². The van der Waals surface area contributed by atoms with Crippen molar-refractivity contribution in [1.29, 1.82) is 0 Å². The number of carbonyl (C=O) groups is 1. The van der Waals surface area contributed by atoms with E-state index in [4.69, 9.17) is 15.9 Å². The Bertz CT molecular complexity index is 1170. The number of anilines is 1. The van der Waals surface area contributed by atoms with Gasteiger partial charge in [-0.05, 0) is 32.9 Å². The predicted octanol–water partition coefficient (Wildman–Crippen LogP) is 3.01. The van der Waals surface area contributed by atoms with Crippen LogP contribution in [0.2, 0.25) is 0 Å². The van der Waals surface area contributed by atoms with E-state index in [1.54, 1.807) is 6.07 Å². The van der Waals surface area contributed by atoms with E-state index in [-0.39, 0.29) is 11.2 Å². The molecular formula is C18H18N6O2. The minimum Gasteiger partial charge on any atom is -0.477 e. The molecule has 3 aromatic heterocycles. The first kappa shape index (κ1) is 16.1. The zero-order valence-electron chi connectivity index (χ0n) is 14.6. The maximum Gasteiger partial charge on any atom is 0.352 e. The predicted molar refractivity (Wildman–Crippen MR) is 99.0 cm³/mol. The van der Waals surface area contributed by atoms with Crippen molar-refractivity contribution in [3.05, 3.63) is 36.3 Å². The molecule has 0 fully saturated rings. The summed E-state index contributed by atoms with van der Waals surface area (Å²) in [6, 6.07) is 7.21. The molecule has 0 atom stereocenters. The second-order valence-corrected chi connectivity index (χ2v) is 7.18. The molecule has 0 bridgehead atoms. The second-order valence-electron chi connectivity index (χ2n) is 7.18. The Kier molecular flexibility index (Phi) is 3.27. The van der Waals surface area contributed by atoms with Gasteiger partial charge in [-0.3, -0.25) is 0 Å². The van der Waals surface area contributed by atoms with Crippen molar-refractivity contribution in [3.8, 4) is 11.3 Å². The van der Waals surface area contributed by atoms with Gasteiger partial charge in [0.05, 0.1) is 10.9 Å². The quantitative estimate of drug-likeness (QED) is 0.511. The van der Waals surface area contributed by atoms with Gasteiger partial charge in [0.2, 0.25) is 0 Å². The van der Waals surface area contributed by atoms with Crippen LogP contribution in [0.1, 0.15) is 31.3 Å². The highest BCUT2D eigenvalue weighted by Crippen LogP contribution is 2.34. The molecule has 0 amide bonds. The van der Waals surface area contributed by atoms with Crippen molar-refractivity contribution in [2.45, 2.75) is 26.3 Å². The van der Waals surface area contributed by atoms with E-state index in [9.17, 15) is 4.79 Å². The number of aromatic nitrogens is 5. The minimum absolute atomic E-state index is 0.144. The van der Waals surface area contributed by atoms with Gasteiger partial charge in [-0.2, -0.15) is 5.10 Å². The normalized spacial score (nSPS) is 12.1. The average Bonchev–Trinajstić information content (AvgIpc) is 3.16. The number of benzene rings is 1. The number of carboxylic acids is 1. The van der Waals surface area contributed by atoms with Crippen LogP contribution in [-0.2, 0) is 5.54 Å². The maximum atomic E-state index is 11.2. The molecular weight excluding hydrogens is 332 g/mol. The molecule has 0 radical (unpaired) electrons. The monoisotopic (exact) mass is 350 g/mol. The number of H-pyrrole nitrogens is 1. The van der Waals surface area contributed by atoms with E-state index in [1.165, 1.54) is 6.33 Å². The number of rotatable bonds is 2.